The van der Waals surface area contributed by atoms with E-state index in [4.69, 9.17) is 0 Å². The van der Waals surface area contributed by atoms with Crippen molar-refractivity contribution in [1.82, 2.24) is 35.7 Å². The molecule has 1 fully saturated rings. The molecule has 1 saturated heterocycles. The lowest BCUT2D eigenvalue weighted by atomic mass is 9.94. The Bertz CT molecular complexity index is 1840. The minimum Gasteiger partial charge on any atom is -0.346 e. The maximum Gasteiger partial charge on any atom is 0.271 e. The zero-order valence-corrected chi connectivity index (χ0v) is 29.5. The van der Waals surface area contributed by atoms with Crippen LogP contribution in [0.4, 0.5) is 0 Å². The van der Waals surface area contributed by atoms with E-state index in [1.807, 2.05) is 60.7 Å². The van der Waals surface area contributed by atoms with Crippen LogP contribution in [0.3, 0.4) is 0 Å². The molecule has 6 rings (SSSR count). The van der Waals surface area contributed by atoms with E-state index >= 15 is 0 Å². The molecule has 5 amide bonds. The number of hydrogen-bond donors (Lipinski definition) is 3. The Morgan fingerprint density at radius 3 is 2.06 bits per heavy atom. The van der Waals surface area contributed by atoms with Crippen LogP contribution >= 0.6 is 22.7 Å². The van der Waals surface area contributed by atoms with Crippen molar-refractivity contribution in [2.75, 3.05) is 26.2 Å². The second kappa shape index (κ2) is 15.7. The van der Waals surface area contributed by atoms with Gasteiger partial charge in [0.1, 0.15) is 21.4 Å². The number of nitrogens with zero attached hydrogens (tertiary/aromatic N) is 4. The standard InChI is InChI=1S/C36H39N7O5S2/c1-22-34-40-29(20-49-34)32(46)38-27(17-24-9-5-3-6-10-24)35-41-30(21-50-35)33(47)39-28(25-11-7-4-8-12-25)18-43(19-31(45)37-22)36(48)26-13-15-42(16-14-26)23(2)44/h3-12,20-22,26-28H,13-19H2,1-2H3,(H,37,45)(H,38,46)(H,39,47)/t22-,27+,28-/m0/s1. The van der Waals surface area contributed by atoms with Crippen molar-refractivity contribution in [3.05, 3.63) is 104 Å². The van der Waals surface area contributed by atoms with Gasteiger partial charge in [0.2, 0.25) is 17.7 Å². The average molecular weight is 714 g/mol. The Morgan fingerprint density at radius 2 is 1.40 bits per heavy atom. The number of piperidine rings is 1. The van der Waals surface area contributed by atoms with E-state index in [2.05, 4.69) is 25.9 Å². The SMILES string of the molecule is CC(=O)N1CCC(C(=O)N2CC(=O)N[C@@H](C)c3nc(cs3)C(=O)N[C@H](Cc3ccccc3)c3nc(cs3)C(=O)N[C@H](c3ccccc3)C2)CC1. The fourth-order valence-corrected chi connectivity index (χ4v) is 7.91. The van der Waals surface area contributed by atoms with E-state index in [-0.39, 0.29) is 42.2 Å². The van der Waals surface area contributed by atoms with Crippen molar-refractivity contribution in [2.24, 2.45) is 5.92 Å². The third-order valence-electron chi connectivity index (χ3n) is 8.99. The smallest absolute Gasteiger partial charge is 0.271 e. The number of amides is 5. The first-order valence-electron chi connectivity index (χ1n) is 16.6. The summed E-state index contributed by atoms with van der Waals surface area (Å²) in [5.41, 5.74) is 2.13. The number of carbonyl (C=O) groups is 5. The van der Waals surface area contributed by atoms with Crippen molar-refractivity contribution in [1.29, 1.82) is 0 Å². The summed E-state index contributed by atoms with van der Waals surface area (Å²) < 4.78 is 0. The molecule has 14 heteroatoms. The van der Waals surface area contributed by atoms with Crippen molar-refractivity contribution < 1.29 is 24.0 Å². The van der Waals surface area contributed by atoms with Crippen LogP contribution in [0.1, 0.15) is 86.9 Å². The molecule has 12 nitrogen and oxygen atoms in total. The van der Waals surface area contributed by atoms with Crippen LogP contribution in [0, 0.1) is 5.92 Å². The minimum absolute atomic E-state index is 0.0351. The molecule has 3 atom stereocenters. The molecule has 4 heterocycles. The van der Waals surface area contributed by atoms with E-state index in [0.717, 1.165) is 11.1 Å². The number of nitrogens with one attached hydrogen (secondary N) is 3. The third kappa shape index (κ3) is 8.43. The van der Waals surface area contributed by atoms with Crippen LogP contribution in [-0.2, 0) is 20.8 Å². The van der Waals surface area contributed by atoms with E-state index in [1.165, 1.54) is 34.5 Å². The van der Waals surface area contributed by atoms with Crippen molar-refractivity contribution >= 4 is 52.2 Å². The van der Waals surface area contributed by atoms with E-state index < -0.39 is 35.8 Å². The highest BCUT2D eigenvalue weighted by Gasteiger charge is 2.33. The van der Waals surface area contributed by atoms with E-state index in [0.29, 0.717) is 42.4 Å². The summed E-state index contributed by atoms with van der Waals surface area (Å²) in [5, 5.41) is 13.5. The van der Waals surface area contributed by atoms with E-state index in [1.54, 1.807) is 22.6 Å². The van der Waals surface area contributed by atoms with Gasteiger partial charge in [0, 0.05) is 43.2 Å². The van der Waals surface area contributed by atoms with Gasteiger partial charge in [-0.05, 0) is 37.3 Å². The minimum atomic E-state index is -0.666. The van der Waals surface area contributed by atoms with Gasteiger partial charge in [-0.3, -0.25) is 24.0 Å². The summed E-state index contributed by atoms with van der Waals surface area (Å²) in [4.78, 5) is 79.4. The summed E-state index contributed by atoms with van der Waals surface area (Å²) >= 11 is 2.54. The first-order chi connectivity index (χ1) is 24.1. The van der Waals surface area contributed by atoms with Gasteiger partial charge in [-0.15, -0.1) is 22.7 Å². The highest BCUT2D eigenvalue weighted by Crippen LogP contribution is 2.27. The quantitative estimate of drug-likeness (QED) is 0.288. The molecule has 0 aliphatic carbocycles. The Morgan fingerprint density at radius 1 is 0.800 bits per heavy atom. The lowest BCUT2D eigenvalue weighted by molar-refractivity contribution is -0.142. The summed E-state index contributed by atoms with van der Waals surface area (Å²) in [5.74, 6) is -1.88. The molecule has 0 unspecified atom stereocenters. The topological polar surface area (TPSA) is 154 Å². The predicted molar refractivity (Wildman–Crippen MR) is 189 cm³/mol. The fraction of sp³-hybridized carbons (Fsp3) is 0.361. The highest BCUT2D eigenvalue weighted by atomic mass is 32.1. The van der Waals surface area contributed by atoms with Gasteiger partial charge in [-0.2, -0.15) is 0 Å². The Kier molecular flexibility index (Phi) is 11.0. The molecule has 50 heavy (non-hydrogen) atoms. The van der Waals surface area contributed by atoms with Gasteiger partial charge in [0.05, 0.1) is 24.7 Å². The summed E-state index contributed by atoms with van der Waals surface area (Å²) in [6.45, 7) is 3.99. The van der Waals surface area contributed by atoms with Crippen LogP contribution in [0.2, 0.25) is 0 Å². The Balaban J connectivity index is 1.34. The van der Waals surface area contributed by atoms with Crippen molar-refractivity contribution in [2.45, 2.75) is 51.2 Å². The molecule has 2 aliphatic heterocycles. The van der Waals surface area contributed by atoms with Gasteiger partial charge < -0.3 is 25.8 Å². The molecule has 4 aromatic rings. The number of carbonyl (C=O) groups excluding carboxylic acids is 5. The zero-order valence-electron chi connectivity index (χ0n) is 27.8. The molecule has 2 aliphatic rings. The first-order valence-corrected chi connectivity index (χ1v) is 18.4. The zero-order chi connectivity index (χ0) is 35.2. The molecular formula is C36H39N7O5S2. The summed E-state index contributed by atoms with van der Waals surface area (Å²) in [6.07, 6.45) is 1.40. The largest absolute Gasteiger partial charge is 0.346 e. The first kappa shape index (κ1) is 34.9. The predicted octanol–water partition coefficient (Wildman–Crippen LogP) is 4.06. The normalized spacial score (nSPS) is 21.0. The van der Waals surface area contributed by atoms with Crippen LogP contribution < -0.4 is 16.0 Å². The number of thiazole rings is 2. The number of rotatable bonds is 4. The van der Waals surface area contributed by atoms with Crippen LogP contribution in [-0.4, -0.2) is 75.5 Å². The monoisotopic (exact) mass is 713 g/mol. The van der Waals surface area contributed by atoms with Gasteiger partial charge in [-0.25, -0.2) is 9.97 Å². The maximum absolute atomic E-state index is 14.1. The molecule has 0 radical (unpaired) electrons. The molecule has 4 bridgehead atoms. The lowest BCUT2D eigenvalue weighted by Gasteiger charge is -2.35. The Hall–Kier alpha value is -4.95. The highest BCUT2D eigenvalue weighted by molar-refractivity contribution is 7.10. The van der Waals surface area contributed by atoms with Crippen molar-refractivity contribution in [3.63, 3.8) is 0 Å². The molecule has 0 spiro atoms. The van der Waals surface area contributed by atoms with Crippen LogP contribution in [0.15, 0.2) is 71.4 Å². The second-order valence-corrected chi connectivity index (χ2v) is 14.4. The van der Waals surface area contributed by atoms with Crippen molar-refractivity contribution in [3.8, 4) is 0 Å². The molecule has 0 saturated carbocycles. The summed E-state index contributed by atoms with van der Waals surface area (Å²) in [7, 11) is 0. The number of benzene rings is 2. The molecule has 260 valence electrons. The van der Waals surface area contributed by atoms with Gasteiger partial charge in [0.25, 0.3) is 11.8 Å². The maximum atomic E-state index is 14.1. The molecule has 3 N–H and O–H groups in total. The van der Waals surface area contributed by atoms with Crippen LogP contribution in [0.5, 0.6) is 0 Å². The summed E-state index contributed by atoms with van der Waals surface area (Å²) in [6, 6.07) is 17.3. The van der Waals surface area contributed by atoms with Gasteiger partial charge >= 0.3 is 0 Å². The number of hydrogen-bond acceptors (Lipinski definition) is 9. The number of likely N-dealkylation sites (tertiary alicyclic amines) is 1. The van der Waals surface area contributed by atoms with Crippen LogP contribution in [0.25, 0.3) is 0 Å². The Labute approximate surface area is 298 Å². The lowest BCUT2D eigenvalue weighted by Crippen LogP contribution is -2.49. The van der Waals surface area contributed by atoms with E-state index in [9.17, 15) is 24.0 Å². The molecule has 2 aromatic carbocycles. The number of fused-ring (bicyclic) bond motifs is 4. The number of aromatic nitrogens is 2. The molecule has 2 aromatic heterocycles. The molecular weight excluding hydrogens is 675 g/mol. The van der Waals surface area contributed by atoms with Gasteiger partial charge in [0.15, 0.2) is 0 Å². The second-order valence-electron chi connectivity index (χ2n) is 12.6. The van der Waals surface area contributed by atoms with Gasteiger partial charge in [-0.1, -0.05) is 60.7 Å². The fourth-order valence-electron chi connectivity index (χ4n) is 6.25. The average Bonchev–Trinajstić information content (AvgIpc) is 3.83. The third-order valence-corrected chi connectivity index (χ3v) is 11.0.